The van der Waals surface area contributed by atoms with Crippen LogP contribution in [0.25, 0.3) is 0 Å². The van der Waals surface area contributed by atoms with Crippen LogP contribution in [0, 0.1) is 5.92 Å². The first kappa shape index (κ1) is 27.3. The van der Waals surface area contributed by atoms with Crippen molar-refractivity contribution in [3.63, 3.8) is 0 Å². The first-order chi connectivity index (χ1) is 18.6. The van der Waals surface area contributed by atoms with Crippen molar-refractivity contribution in [3.05, 3.63) is 64.2 Å². The average molecular weight is 533 g/mol. The van der Waals surface area contributed by atoms with Gasteiger partial charge in [0.15, 0.2) is 0 Å². The molecule has 39 heavy (non-hydrogen) atoms. The van der Waals surface area contributed by atoms with Crippen LogP contribution in [0.1, 0.15) is 106 Å². The molecule has 208 valence electrons. The van der Waals surface area contributed by atoms with E-state index in [9.17, 15) is 9.59 Å². The van der Waals surface area contributed by atoms with Crippen molar-refractivity contribution < 1.29 is 28.5 Å². The van der Waals surface area contributed by atoms with Crippen LogP contribution in [0.4, 0.5) is 0 Å². The summed E-state index contributed by atoms with van der Waals surface area (Å²) in [5.74, 6) is 0.0207. The lowest BCUT2D eigenvalue weighted by molar-refractivity contribution is -0.172. The van der Waals surface area contributed by atoms with Gasteiger partial charge in [-0.05, 0) is 89.3 Å². The Bertz CT molecular complexity index is 1300. The normalized spacial score (nSPS) is 24.7. The molecular weight excluding hydrogens is 492 g/mol. The van der Waals surface area contributed by atoms with E-state index >= 15 is 0 Å². The molecule has 0 saturated heterocycles. The predicted octanol–water partition coefficient (Wildman–Crippen LogP) is 7.42. The number of rotatable bonds is 8. The van der Waals surface area contributed by atoms with E-state index < -0.39 is 11.8 Å². The van der Waals surface area contributed by atoms with E-state index in [0.717, 1.165) is 55.4 Å². The quantitative estimate of drug-likeness (QED) is 0.200. The van der Waals surface area contributed by atoms with Gasteiger partial charge in [-0.25, -0.2) is 4.79 Å². The molecule has 3 atom stereocenters. The lowest BCUT2D eigenvalue weighted by Gasteiger charge is -2.48. The molecule has 2 aromatic rings. The van der Waals surface area contributed by atoms with Crippen molar-refractivity contribution in [1.82, 2.24) is 0 Å². The van der Waals surface area contributed by atoms with Crippen LogP contribution in [0.15, 0.2) is 42.0 Å². The number of carbonyl (C=O) groups is 2. The molecule has 6 nitrogen and oxygen atoms in total. The SMILES string of the molecule is CCCCCc1cc2c(c3c1C(=O)OC(CC(C)=O)(c1ccc(OC)cc1)O3)[C@@H]1C=C(C)CC[C@H]1C(C)(C)O2. The Kier molecular flexibility index (Phi) is 7.25. The van der Waals surface area contributed by atoms with Gasteiger partial charge in [0.2, 0.25) is 0 Å². The minimum atomic E-state index is -1.58. The van der Waals surface area contributed by atoms with Gasteiger partial charge < -0.3 is 18.9 Å². The number of carbonyl (C=O) groups excluding carboxylic acids is 2. The highest BCUT2D eigenvalue weighted by molar-refractivity contribution is 5.97. The van der Waals surface area contributed by atoms with Crippen molar-refractivity contribution in [2.24, 2.45) is 5.92 Å². The molecule has 0 N–H and O–H groups in total. The van der Waals surface area contributed by atoms with Crippen LogP contribution in [0.5, 0.6) is 17.2 Å². The predicted molar refractivity (Wildman–Crippen MR) is 150 cm³/mol. The minimum Gasteiger partial charge on any atom is -0.497 e. The van der Waals surface area contributed by atoms with Gasteiger partial charge in [0.25, 0.3) is 5.79 Å². The van der Waals surface area contributed by atoms with Crippen LogP contribution >= 0.6 is 0 Å². The number of benzene rings is 2. The zero-order valence-electron chi connectivity index (χ0n) is 24.0. The molecule has 0 fully saturated rings. The third-order valence-corrected chi connectivity index (χ3v) is 8.50. The summed E-state index contributed by atoms with van der Waals surface area (Å²) in [5.41, 5.74) is 3.78. The fourth-order valence-corrected chi connectivity index (χ4v) is 6.54. The highest BCUT2D eigenvalue weighted by Gasteiger charge is 2.51. The topological polar surface area (TPSA) is 71.1 Å². The van der Waals surface area contributed by atoms with Crippen LogP contribution < -0.4 is 14.2 Å². The first-order valence-corrected chi connectivity index (χ1v) is 14.2. The summed E-state index contributed by atoms with van der Waals surface area (Å²) in [4.78, 5) is 26.6. The molecular formula is C33H40O6. The van der Waals surface area contributed by atoms with E-state index in [1.165, 1.54) is 12.5 Å². The fourth-order valence-electron chi connectivity index (χ4n) is 6.54. The van der Waals surface area contributed by atoms with Gasteiger partial charge in [0.05, 0.1) is 13.5 Å². The van der Waals surface area contributed by atoms with Crippen molar-refractivity contribution in [2.45, 2.75) is 96.9 Å². The molecule has 2 aliphatic heterocycles. The molecule has 0 saturated carbocycles. The summed E-state index contributed by atoms with van der Waals surface area (Å²) in [6.45, 7) is 10.1. The zero-order chi connectivity index (χ0) is 27.9. The van der Waals surface area contributed by atoms with Gasteiger partial charge in [-0.2, -0.15) is 0 Å². The standard InChI is InChI=1S/C33H40O6/c1-7-8-9-10-22-18-27-29(25-17-20(2)11-16-26(25)32(4,5)37-27)30-28(22)31(35)39-33(38-30,19-21(3)34)23-12-14-24(36-6)15-13-23/h12-15,17-18,25-26H,7-11,16,19H2,1-6H3/t25-,26-,33?/m1/s1. The Morgan fingerprint density at radius 1 is 1.10 bits per heavy atom. The molecule has 5 rings (SSSR count). The van der Waals surface area contributed by atoms with Crippen molar-refractivity contribution >= 4 is 11.8 Å². The number of cyclic esters (lactones) is 1. The molecule has 0 bridgehead atoms. The van der Waals surface area contributed by atoms with Gasteiger partial charge in [-0.3, -0.25) is 4.79 Å². The maximum Gasteiger partial charge on any atom is 0.345 e. The summed E-state index contributed by atoms with van der Waals surface area (Å²) in [6.07, 6.45) is 8.02. The summed E-state index contributed by atoms with van der Waals surface area (Å²) < 4.78 is 25.0. The average Bonchev–Trinajstić information content (AvgIpc) is 2.87. The Balaban J connectivity index is 1.73. The van der Waals surface area contributed by atoms with Gasteiger partial charge in [0, 0.05) is 23.0 Å². The van der Waals surface area contributed by atoms with Crippen LogP contribution in [-0.4, -0.2) is 24.5 Å². The molecule has 0 radical (unpaired) electrons. The Hall–Kier alpha value is -3.28. The fraction of sp³-hybridized carbons (Fsp3) is 0.515. The number of aryl methyl sites for hydroxylation is 1. The molecule has 6 heteroatoms. The Morgan fingerprint density at radius 2 is 1.85 bits per heavy atom. The first-order valence-electron chi connectivity index (χ1n) is 14.2. The number of hydrogen-bond donors (Lipinski definition) is 0. The van der Waals surface area contributed by atoms with E-state index in [1.807, 2.05) is 6.07 Å². The number of Topliss-reactive ketones (excluding diaryl/α,β-unsaturated/α-hetero) is 1. The second kappa shape index (κ2) is 10.4. The summed E-state index contributed by atoms with van der Waals surface area (Å²) in [6, 6.07) is 9.20. The molecule has 2 aromatic carbocycles. The number of methoxy groups -OCH3 is 1. The van der Waals surface area contributed by atoms with E-state index in [-0.39, 0.29) is 29.6 Å². The number of ether oxygens (including phenoxy) is 4. The van der Waals surface area contributed by atoms with E-state index in [2.05, 4.69) is 33.8 Å². The number of unbranched alkanes of at least 4 members (excludes halogenated alkanes) is 2. The van der Waals surface area contributed by atoms with Gasteiger partial charge in [-0.15, -0.1) is 0 Å². The van der Waals surface area contributed by atoms with Crippen LogP contribution in [0.2, 0.25) is 0 Å². The molecule has 3 aliphatic rings. The number of fused-ring (bicyclic) bond motifs is 5. The van der Waals surface area contributed by atoms with Gasteiger partial charge in [-0.1, -0.05) is 31.4 Å². The number of hydrogen-bond acceptors (Lipinski definition) is 6. The number of allylic oxidation sites excluding steroid dienone is 2. The monoisotopic (exact) mass is 532 g/mol. The summed E-state index contributed by atoms with van der Waals surface area (Å²) >= 11 is 0. The van der Waals surface area contributed by atoms with Crippen LogP contribution in [-0.2, 0) is 21.7 Å². The van der Waals surface area contributed by atoms with Crippen molar-refractivity contribution in [1.29, 1.82) is 0 Å². The van der Waals surface area contributed by atoms with Gasteiger partial charge >= 0.3 is 5.97 Å². The summed E-state index contributed by atoms with van der Waals surface area (Å²) in [5, 5.41) is 0. The lowest BCUT2D eigenvalue weighted by atomic mass is 9.67. The molecule has 1 aliphatic carbocycles. The smallest absolute Gasteiger partial charge is 0.345 e. The highest BCUT2D eigenvalue weighted by atomic mass is 16.7. The maximum atomic E-state index is 14.0. The second-order valence-electron chi connectivity index (χ2n) is 11.8. The van der Waals surface area contributed by atoms with Crippen LogP contribution in [0.3, 0.4) is 0 Å². The highest BCUT2D eigenvalue weighted by Crippen LogP contribution is 2.57. The number of esters is 1. The summed E-state index contributed by atoms with van der Waals surface area (Å²) in [7, 11) is 1.59. The Morgan fingerprint density at radius 3 is 2.51 bits per heavy atom. The third kappa shape index (κ3) is 4.94. The van der Waals surface area contributed by atoms with E-state index in [0.29, 0.717) is 22.6 Å². The van der Waals surface area contributed by atoms with E-state index in [1.54, 1.807) is 31.4 Å². The van der Waals surface area contributed by atoms with Crippen molar-refractivity contribution in [2.75, 3.05) is 7.11 Å². The molecule has 0 amide bonds. The lowest BCUT2D eigenvalue weighted by Crippen LogP contribution is -2.47. The largest absolute Gasteiger partial charge is 0.497 e. The number of ketones is 1. The maximum absolute atomic E-state index is 14.0. The molecule has 1 unspecified atom stereocenters. The van der Waals surface area contributed by atoms with Crippen molar-refractivity contribution in [3.8, 4) is 17.2 Å². The molecule has 0 aromatic heterocycles. The minimum absolute atomic E-state index is 0.0349. The second-order valence-corrected chi connectivity index (χ2v) is 11.8. The molecule has 2 heterocycles. The van der Waals surface area contributed by atoms with Gasteiger partial charge in [0.1, 0.15) is 34.2 Å². The molecule has 0 spiro atoms. The zero-order valence-corrected chi connectivity index (χ0v) is 24.0. The third-order valence-electron chi connectivity index (χ3n) is 8.50. The Labute approximate surface area is 231 Å². The van der Waals surface area contributed by atoms with E-state index in [4.69, 9.17) is 18.9 Å².